The first kappa shape index (κ1) is 19.2. The van der Waals surface area contributed by atoms with Crippen LogP contribution in [0.15, 0.2) is 91.1 Å². The van der Waals surface area contributed by atoms with E-state index in [2.05, 4.69) is 58.4 Å². The normalized spacial score (nSPS) is 11.4. The van der Waals surface area contributed by atoms with Crippen LogP contribution in [0, 0.1) is 13.1 Å². The minimum absolute atomic E-state index is 0.463. The van der Waals surface area contributed by atoms with Crippen LogP contribution in [0.2, 0.25) is 0 Å². The molecular weight excluding hydrogens is 430 g/mol. The molecule has 5 aromatic carbocycles. The summed E-state index contributed by atoms with van der Waals surface area (Å²) in [6.07, 6.45) is 2.08. The summed E-state index contributed by atoms with van der Waals surface area (Å²) in [6.45, 7) is 14.6. The summed E-state index contributed by atoms with van der Waals surface area (Å²) in [5.41, 5.74) is 4.43. The summed E-state index contributed by atoms with van der Waals surface area (Å²) in [4.78, 5) is 11.8. The van der Waals surface area contributed by atoms with Crippen molar-refractivity contribution >= 4 is 49.3 Å². The van der Waals surface area contributed by atoms with Gasteiger partial charge >= 0.3 is 0 Å². The van der Waals surface area contributed by atoms with Crippen molar-refractivity contribution < 1.29 is 0 Å². The molecule has 0 spiro atoms. The highest BCUT2D eigenvalue weighted by Gasteiger charge is 2.14. The number of fused-ring (bicyclic) bond motifs is 4. The Labute approximate surface area is 200 Å². The zero-order chi connectivity index (χ0) is 23.5. The molecule has 0 saturated carbocycles. The van der Waals surface area contributed by atoms with E-state index in [-0.39, 0.29) is 0 Å². The van der Waals surface area contributed by atoms with Gasteiger partial charge in [-0.15, -0.1) is 5.10 Å². The maximum Gasteiger partial charge on any atom is 0.182 e. The molecule has 7 rings (SSSR count). The third-order valence-electron chi connectivity index (χ3n) is 6.59. The predicted octanol–water partition coefficient (Wildman–Crippen LogP) is 8.06. The fraction of sp³-hybridized carbons (Fsp3) is 0. The Kier molecular flexibility index (Phi) is 3.91. The first-order valence-electron chi connectivity index (χ1n) is 11.2. The molecule has 5 nitrogen and oxygen atoms in total. The number of hydrogen-bond donors (Lipinski definition) is 0. The second-order valence-corrected chi connectivity index (χ2v) is 8.59. The van der Waals surface area contributed by atoms with Crippen molar-refractivity contribution in [2.24, 2.45) is 0 Å². The van der Waals surface area contributed by atoms with Crippen molar-refractivity contribution in [3.8, 4) is 22.5 Å². The summed E-state index contributed by atoms with van der Waals surface area (Å²) in [6, 6.07) is 28.1. The van der Waals surface area contributed by atoms with Gasteiger partial charge in [-0.25, -0.2) is 19.2 Å². The molecule has 0 saturated heterocycles. The smallest absolute Gasteiger partial charge is 0.182 e. The van der Waals surface area contributed by atoms with Crippen molar-refractivity contribution in [3.63, 3.8) is 0 Å². The Balaban J connectivity index is 1.33. The van der Waals surface area contributed by atoms with Crippen LogP contribution in [-0.4, -0.2) is 14.6 Å². The van der Waals surface area contributed by atoms with Gasteiger partial charge in [-0.1, -0.05) is 78.9 Å². The largest absolute Gasteiger partial charge is 0.239 e. The fourth-order valence-electron chi connectivity index (χ4n) is 4.98. The minimum atomic E-state index is 0.463. The van der Waals surface area contributed by atoms with Crippen molar-refractivity contribution in [1.82, 2.24) is 14.6 Å². The molecule has 7 aromatic rings. The Hall–Kier alpha value is -5.26. The molecule has 0 bridgehead atoms. The van der Waals surface area contributed by atoms with Gasteiger partial charge in [-0.05, 0) is 44.1 Å². The molecule has 0 aliphatic carbocycles. The Morgan fingerprint density at radius 2 is 1.29 bits per heavy atom. The lowest BCUT2D eigenvalue weighted by Gasteiger charge is -2.05. The summed E-state index contributed by atoms with van der Waals surface area (Å²) >= 11 is 0. The van der Waals surface area contributed by atoms with Crippen LogP contribution in [0.3, 0.4) is 0 Å². The lowest BCUT2D eigenvalue weighted by Crippen LogP contribution is -1.86. The maximum atomic E-state index is 7.30. The zero-order valence-electron chi connectivity index (χ0n) is 18.4. The number of rotatable bonds is 2. The summed E-state index contributed by atoms with van der Waals surface area (Å²) in [5, 5.41) is 12.1. The SMILES string of the molecule is [C-]#[N+]c1cc([N+]#[C-])cc(-c2ccc(-c3nc4cc5c(cn4n3)c3cccc4cccc5c43)cc2)c1. The highest BCUT2D eigenvalue weighted by Crippen LogP contribution is 2.38. The zero-order valence-corrected chi connectivity index (χ0v) is 18.4. The van der Waals surface area contributed by atoms with Gasteiger partial charge in [0.15, 0.2) is 22.8 Å². The van der Waals surface area contributed by atoms with Crippen molar-refractivity contribution in [1.29, 1.82) is 0 Å². The summed E-state index contributed by atoms with van der Waals surface area (Å²) in [5.74, 6) is 0.656. The second kappa shape index (κ2) is 7.12. The van der Waals surface area contributed by atoms with Crippen LogP contribution in [0.5, 0.6) is 0 Å². The van der Waals surface area contributed by atoms with Gasteiger partial charge in [0.2, 0.25) is 0 Å². The monoisotopic (exact) mass is 445 g/mol. The van der Waals surface area contributed by atoms with Gasteiger partial charge in [0.25, 0.3) is 0 Å². The highest BCUT2D eigenvalue weighted by atomic mass is 15.3. The molecule has 5 heteroatoms. The number of hydrogen-bond acceptors (Lipinski definition) is 2. The molecule has 0 amide bonds. The molecular formula is C30H15N5. The molecule has 2 aromatic heterocycles. The molecule has 0 atom stereocenters. The van der Waals surface area contributed by atoms with Gasteiger partial charge in [-0.3, -0.25) is 0 Å². The number of aromatic nitrogens is 3. The first-order chi connectivity index (χ1) is 17.2. The van der Waals surface area contributed by atoms with Crippen LogP contribution >= 0.6 is 0 Å². The van der Waals surface area contributed by atoms with E-state index >= 15 is 0 Å². The molecule has 0 fully saturated rings. The average molecular weight is 445 g/mol. The summed E-state index contributed by atoms with van der Waals surface area (Å²) < 4.78 is 1.86. The van der Waals surface area contributed by atoms with E-state index in [1.165, 1.54) is 32.3 Å². The van der Waals surface area contributed by atoms with Crippen molar-refractivity contribution in [3.05, 3.63) is 114 Å². The molecule has 35 heavy (non-hydrogen) atoms. The average Bonchev–Trinajstić information content (AvgIpc) is 3.47. The maximum absolute atomic E-state index is 7.30. The minimum Gasteiger partial charge on any atom is -0.239 e. The molecule has 2 heterocycles. The Bertz CT molecular complexity index is 1900. The lowest BCUT2D eigenvalue weighted by molar-refractivity contribution is 0.975. The van der Waals surface area contributed by atoms with Crippen LogP contribution in [0.4, 0.5) is 11.4 Å². The number of nitrogens with zero attached hydrogens (tertiary/aromatic N) is 5. The molecule has 0 unspecified atom stereocenters. The Morgan fingerprint density at radius 3 is 1.97 bits per heavy atom. The van der Waals surface area contributed by atoms with Crippen molar-refractivity contribution in [2.45, 2.75) is 0 Å². The van der Waals surface area contributed by atoms with Crippen molar-refractivity contribution in [2.75, 3.05) is 0 Å². The van der Waals surface area contributed by atoms with Crippen LogP contribution in [-0.2, 0) is 0 Å². The van der Waals surface area contributed by atoms with Crippen LogP contribution in [0.1, 0.15) is 0 Å². The van der Waals surface area contributed by atoms with E-state index < -0.39 is 0 Å². The first-order valence-corrected chi connectivity index (χ1v) is 11.2. The van der Waals surface area contributed by atoms with Gasteiger partial charge in [0, 0.05) is 17.1 Å². The van der Waals surface area contributed by atoms with Crippen LogP contribution in [0.25, 0.3) is 70.2 Å². The van der Waals surface area contributed by atoms with E-state index in [9.17, 15) is 0 Å². The summed E-state index contributed by atoms with van der Waals surface area (Å²) in [7, 11) is 0. The van der Waals surface area contributed by atoms with Gasteiger partial charge < -0.3 is 0 Å². The third kappa shape index (κ3) is 2.86. The lowest BCUT2D eigenvalue weighted by atomic mass is 10.0. The van der Waals surface area contributed by atoms with Gasteiger partial charge in [0.05, 0.1) is 13.1 Å². The standard InChI is InChI=1S/C30H15N5/c1-31-22-13-21(14-23(15-22)32-2)18-9-11-20(12-10-18)30-33-28-16-26-24-7-3-5-19-6-4-8-25(29(19)24)27(26)17-35(28)34-30/h3-17H. The molecule has 0 aliphatic heterocycles. The quantitative estimate of drug-likeness (QED) is 0.252. The predicted molar refractivity (Wildman–Crippen MR) is 140 cm³/mol. The van der Waals surface area contributed by atoms with Crippen LogP contribution < -0.4 is 0 Å². The van der Waals surface area contributed by atoms with E-state index in [1.54, 1.807) is 18.2 Å². The molecule has 0 radical (unpaired) electrons. The molecule has 0 N–H and O–H groups in total. The fourth-order valence-corrected chi connectivity index (χ4v) is 4.98. The Morgan fingerprint density at radius 1 is 0.629 bits per heavy atom. The molecule has 160 valence electrons. The van der Waals surface area contributed by atoms with E-state index in [0.717, 1.165) is 22.3 Å². The molecule has 0 aliphatic rings. The van der Waals surface area contributed by atoms with E-state index in [0.29, 0.717) is 17.2 Å². The number of pyridine rings is 1. The van der Waals surface area contributed by atoms with E-state index in [1.807, 2.05) is 28.8 Å². The second-order valence-electron chi connectivity index (χ2n) is 8.59. The third-order valence-corrected chi connectivity index (χ3v) is 6.59. The topological polar surface area (TPSA) is 38.9 Å². The number of benzene rings is 4. The van der Waals surface area contributed by atoms with Gasteiger partial charge in [0.1, 0.15) is 0 Å². The van der Waals surface area contributed by atoms with Gasteiger partial charge in [-0.2, -0.15) is 0 Å². The highest BCUT2D eigenvalue weighted by molar-refractivity contribution is 6.30. The van der Waals surface area contributed by atoms with E-state index in [4.69, 9.17) is 23.2 Å².